The summed E-state index contributed by atoms with van der Waals surface area (Å²) in [6, 6.07) is 3.98. The van der Waals surface area contributed by atoms with E-state index in [1.807, 2.05) is 6.92 Å². The van der Waals surface area contributed by atoms with Gasteiger partial charge in [-0.05, 0) is 46.6 Å². The van der Waals surface area contributed by atoms with E-state index >= 15 is 0 Å². The van der Waals surface area contributed by atoms with Crippen molar-refractivity contribution in [2.45, 2.75) is 18.4 Å². The van der Waals surface area contributed by atoms with Crippen LogP contribution in [0.4, 0.5) is 19.4 Å². The Hall–Kier alpha value is -1.59. The summed E-state index contributed by atoms with van der Waals surface area (Å²) in [5, 5.41) is 9.37. The first kappa shape index (κ1) is 19.2. The van der Waals surface area contributed by atoms with Gasteiger partial charge in [0.15, 0.2) is 0 Å². The Balaban J connectivity index is 2.07. The van der Waals surface area contributed by atoms with Crippen LogP contribution in [-0.2, 0) is 6.54 Å². The molecule has 0 saturated heterocycles. The molecular formula is C15H11BrF5NO2S2. The highest BCUT2D eigenvalue weighted by Gasteiger charge is 2.65. The molecule has 2 heterocycles. The third-order valence-electron chi connectivity index (χ3n) is 3.77. The van der Waals surface area contributed by atoms with E-state index in [1.54, 1.807) is 0 Å². The van der Waals surface area contributed by atoms with Crippen LogP contribution < -0.4 is 0 Å². The van der Waals surface area contributed by atoms with E-state index in [4.69, 9.17) is 0 Å². The Morgan fingerprint density at radius 2 is 1.77 bits per heavy atom. The minimum Gasteiger partial charge on any atom is -0.477 e. The van der Waals surface area contributed by atoms with E-state index in [0.29, 0.717) is 26.8 Å². The summed E-state index contributed by atoms with van der Waals surface area (Å²) in [5.41, 5.74) is 0.830. The number of hydrogen-bond donors (Lipinski definition) is 1. The molecule has 0 unspecified atom stereocenters. The van der Waals surface area contributed by atoms with E-state index in [1.165, 1.54) is 22.0 Å². The fraction of sp³-hybridized carbons (Fsp3) is 0.133. The van der Waals surface area contributed by atoms with E-state index in [9.17, 15) is 29.3 Å². The van der Waals surface area contributed by atoms with Crippen LogP contribution in [0.5, 0.6) is 0 Å². The van der Waals surface area contributed by atoms with Crippen molar-refractivity contribution in [3.63, 3.8) is 0 Å². The predicted octanol–water partition coefficient (Wildman–Crippen LogP) is 7.18. The Bertz CT molecular complexity index is 1040. The monoisotopic (exact) mass is 475 g/mol. The molecule has 0 saturated carbocycles. The molecule has 11 heteroatoms. The van der Waals surface area contributed by atoms with Gasteiger partial charge in [-0.1, -0.05) is 31.6 Å². The van der Waals surface area contributed by atoms with Crippen molar-refractivity contribution in [2.24, 2.45) is 0 Å². The average Bonchev–Trinajstić information content (AvgIpc) is 2.95. The standard InChI is InChI=1S/C15H11BrF5NO2S2/c1-8-13(16)14-12(25-8)6-11(15(23)24)22(14)7-9-2-4-10(5-3-9)26(17,18,19,20)21/h2-6H,7H2,1H3,(H,23,24). The molecule has 0 aliphatic carbocycles. The summed E-state index contributed by atoms with van der Waals surface area (Å²) in [6.45, 7) is 1.77. The quantitative estimate of drug-likeness (QED) is 0.406. The molecule has 3 rings (SSSR count). The van der Waals surface area contributed by atoms with Crippen LogP contribution >= 0.6 is 37.5 Å². The Morgan fingerprint density at radius 3 is 2.27 bits per heavy atom. The summed E-state index contributed by atoms with van der Waals surface area (Å²) < 4.78 is 66.8. The first-order chi connectivity index (χ1) is 11.7. The van der Waals surface area contributed by atoms with Gasteiger partial charge in [0, 0.05) is 11.4 Å². The van der Waals surface area contributed by atoms with Gasteiger partial charge in [0.05, 0.1) is 14.7 Å². The number of aromatic carboxylic acids is 1. The van der Waals surface area contributed by atoms with Gasteiger partial charge < -0.3 is 9.67 Å². The number of rotatable bonds is 4. The molecule has 2 aromatic heterocycles. The number of hydrogen-bond acceptors (Lipinski definition) is 2. The van der Waals surface area contributed by atoms with Crippen LogP contribution in [0.2, 0.25) is 0 Å². The van der Waals surface area contributed by atoms with Gasteiger partial charge in [0.2, 0.25) is 0 Å². The molecule has 0 spiro atoms. The third-order valence-corrected chi connectivity index (χ3v) is 7.21. The lowest BCUT2D eigenvalue weighted by Crippen LogP contribution is -2.10. The number of carboxylic acids is 1. The molecule has 3 nitrogen and oxygen atoms in total. The van der Waals surface area contributed by atoms with Crippen molar-refractivity contribution in [2.75, 3.05) is 0 Å². The fourth-order valence-corrected chi connectivity index (χ4v) is 5.03. The van der Waals surface area contributed by atoms with Gasteiger partial charge in [-0.2, -0.15) is 0 Å². The van der Waals surface area contributed by atoms with E-state index < -0.39 is 21.1 Å². The second-order valence-electron chi connectivity index (χ2n) is 5.72. The maximum Gasteiger partial charge on any atom is 0.352 e. The van der Waals surface area contributed by atoms with Gasteiger partial charge in [0.25, 0.3) is 0 Å². The van der Waals surface area contributed by atoms with Gasteiger partial charge >= 0.3 is 16.2 Å². The summed E-state index contributed by atoms with van der Waals surface area (Å²) in [5.74, 6) is -1.19. The number of nitrogens with zero attached hydrogens (tertiary/aromatic N) is 1. The number of benzene rings is 1. The van der Waals surface area contributed by atoms with Crippen LogP contribution in [0.1, 0.15) is 20.9 Å². The van der Waals surface area contributed by atoms with Crippen molar-refractivity contribution in [1.29, 1.82) is 0 Å². The molecule has 1 N–H and O–H groups in total. The fourth-order valence-electron chi connectivity index (χ4n) is 2.58. The number of carboxylic acid groups (broad SMARTS) is 1. The number of carbonyl (C=O) groups is 1. The summed E-state index contributed by atoms with van der Waals surface area (Å²) in [7, 11) is -9.73. The highest BCUT2D eigenvalue weighted by Crippen LogP contribution is 3.02. The zero-order valence-electron chi connectivity index (χ0n) is 13.0. The molecule has 0 aliphatic rings. The zero-order chi connectivity index (χ0) is 19.6. The minimum absolute atomic E-state index is 0.0382. The third kappa shape index (κ3) is 3.47. The normalized spacial score (nSPS) is 15.0. The molecule has 3 aromatic rings. The second kappa shape index (κ2) is 5.23. The Kier molecular flexibility index (Phi) is 3.86. The molecule has 0 fully saturated rings. The number of halogens is 6. The maximum absolute atomic E-state index is 12.8. The van der Waals surface area contributed by atoms with Gasteiger partial charge in [-0.15, -0.1) is 11.3 Å². The van der Waals surface area contributed by atoms with Crippen molar-refractivity contribution in [1.82, 2.24) is 4.57 Å². The smallest absolute Gasteiger partial charge is 0.352 e. The van der Waals surface area contributed by atoms with Crippen molar-refractivity contribution < 1.29 is 29.3 Å². The topological polar surface area (TPSA) is 42.2 Å². The first-order valence-corrected chi connectivity index (χ1v) is 10.6. The number of fused-ring (bicyclic) bond motifs is 1. The van der Waals surface area contributed by atoms with E-state index in [2.05, 4.69) is 15.9 Å². The highest BCUT2D eigenvalue weighted by atomic mass is 79.9. The molecule has 0 amide bonds. The first-order valence-electron chi connectivity index (χ1n) is 7.02. The largest absolute Gasteiger partial charge is 0.477 e. The van der Waals surface area contributed by atoms with E-state index in [-0.39, 0.29) is 17.8 Å². The van der Waals surface area contributed by atoms with Crippen molar-refractivity contribution >= 4 is 53.7 Å². The molecule has 1 aromatic carbocycles. The molecule has 0 atom stereocenters. The van der Waals surface area contributed by atoms with Crippen molar-refractivity contribution in [3.05, 3.63) is 50.9 Å². The molecule has 142 valence electrons. The van der Waals surface area contributed by atoms with Gasteiger partial charge in [0.1, 0.15) is 10.6 Å². The van der Waals surface area contributed by atoms with Crippen LogP contribution in [0.25, 0.3) is 10.2 Å². The minimum atomic E-state index is -9.73. The molecule has 0 bridgehead atoms. The highest BCUT2D eigenvalue weighted by molar-refractivity contribution is 9.10. The van der Waals surface area contributed by atoms with Crippen LogP contribution in [-0.4, -0.2) is 15.6 Å². The number of thiophene rings is 1. The summed E-state index contributed by atoms with van der Waals surface area (Å²) in [4.78, 5) is 10.4. The summed E-state index contributed by atoms with van der Waals surface area (Å²) in [6.07, 6.45) is 0. The Morgan fingerprint density at radius 1 is 1.19 bits per heavy atom. The molecule has 0 radical (unpaired) electrons. The van der Waals surface area contributed by atoms with Crippen LogP contribution in [0, 0.1) is 6.92 Å². The lowest BCUT2D eigenvalue weighted by atomic mass is 10.2. The Labute approximate surface area is 156 Å². The van der Waals surface area contributed by atoms with Crippen LogP contribution in [0.3, 0.4) is 0 Å². The number of aromatic nitrogens is 1. The summed E-state index contributed by atoms with van der Waals surface area (Å²) >= 11 is 4.75. The lowest BCUT2D eigenvalue weighted by molar-refractivity contribution is 0.0686. The zero-order valence-corrected chi connectivity index (χ0v) is 16.2. The molecule has 0 aliphatic heterocycles. The van der Waals surface area contributed by atoms with Gasteiger partial charge in [-0.25, -0.2) is 4.79 Å². The van der Waals surface area contributed by atoms with Gasteiger partial charge in [-0.3, -0.25) is 0 Å². The maximum atomic E-state index is 12.8. The average molecular weight is 476 g/mol. The van der Waals surface area contributed by atoms with Crippen LogP contribution in [0.15, 0.2) is 39.7 Å². The molecular weight excluding hydrogens is 465 g/mol. The SMILES string of the molecule is Cc1sc2cc(C(=O)O)n(Cc3ccc(S(F)(F)(F)(F)F)cc3)c2c1Br. The predicted molar refractivity (Wildman–Crippen MR) is 96.2 cm³/mol. The van der Waals surface area contributed by atoms with E-state index in [0.717, 1.165) is 17.0 Å². The lowest BCUT2D eigenvalue weighted by Gasteiger charge is -2.40. The second-order valence-corrected chi connectivity index (χ2v) is 10.2. The number of aryl methyl sites for hydroxylation is 1. The van der Waals surface area contributed by atoms with Crippen molar-refractivity contribution in [3.8, 4) is 0 Å². The molecule has 26 heavy (non-hydrogen) atoms.